The predicted molar refractivity (Wildman–Crippen MR) is 65.6 cm³/mol. The molecule has 0 unspecified atom stereocenters. The average Bonchev–Trinajstić information content (AvgIpc) is 2.61. The SMILES string of the molecule is FC1(F)CCN(CCOc2ccccc2Br)C1. The molecule has 5 heteroatoms. The minimum Gasteiger partial charge on any atom is -0.491 e. The molecule has 0 amide bonds. The van der Waals surface area contributed by atoms with Gasteiger partial charge in [0.25, 0.3) is 5.92 Å². The molecule has 0 bridgehead atoms. The molecule has 2 nitrogen and oxygen atoms in total. The van der Waals surface area contributed by atoms with Gasteiger partial charge in [0.15, 0.2) is 0 Å². The van der Waals surface area contributed by atoms with E-state index < -0.39 is 5.92 Å². The Morgan fingerprint density at radius 1 is 1.35 bits per heavy atom. The van der Waals surface area contributed by atoms with Crippen molar-refractivity contribution in [3.8, 4) is 5.75 Å². The third kappa shape index (κ3) is 3.64. The quantitative estimate of drug-likeness (QED) is 0.847. The van der Waals surface area contributed by atoms with Crippen molar-refractivity contribution in [2.24, 2.45) is 0 Å². The molecule has 17 heavy (non-hydrogen) atoms. The van der Waals surface area contributed by atoms with Gasteiger partial charge in [-0.3, -0.25) is 4.90 Å². The van der Waals surface area contributed by atoms with Crippen molar-refractivity contribution in [2.45, 2.75) is 12.3 Å². The van der Waals surface area contributed by atoms with Crippen LogP contribution in [0, 0.1) is 0 Å². The van der Waals surface area contributed by atoms with Crippen LogP contribution in [-0.4, -0.2) is 37.1 Å². The van der Waals surface area contributed by atoms with E-state index in [2.05, 4.69) is 15.9 Å². The molecule has 0 radical (unpaired) electrons. The van der Waals surface area contributed by atoms with Crippen LogP contribution in [0.4, 0.5) is 8.78 Å². The van der Waals surface area contributed by atoms with Gasteiger partial charge in [-0.1, -0.05) is 12.1 Å². The molecule has 94 valence electrons. The molecule has 1 aromatic rings. The van der Waals surface area contributed by atoms with Crippen LogP contribution in [0.5, 0.6) is 5.75 Å². The Balaban J connectivity index is 1.76. The summed E-state index contributed by atoms with van der Waals surface area (Å²) < 4.78 is 32.3. The highest BCUT2D eigenvalue weighted by Crippen LogP contribution is 2.27. The minimum atomic E-state index is -2.52. The fourth-order valence-corrected chi connectivity index (χ4v) is 2.24. The highest BCUT2D eigenvalue weighted by molar-refractivity contribution is 9.10. The standard InChI is InChI=1S/C12H14BrF2NO/c13-10-3-1-2-4-11(10)17-8-7-16-6-5-12(14,15)9-16/h1-4H,5-9H2. The summed E-state index contributed by atoms with van der Waals surface area (Å²) in [5.41, 5.74) is 0. The number of ether oxygens (including phenoxy) is 1. The van der Waals surface area contributed by atoms with Crippen LogP contribution >= 0.6 is 15.9 Å². The second-order valence-corrected chi connectivity index (χ2v) is 5.02. The summed E-state index contributed by atoms with van der Waals surface area (Å²) in [6.45, 7) is 1.27. The van der Waals surface area contributed by atoms with Gasteiger partial charge in [0.05, 0.1) is 11.0 Å². The minimum absolute atomic E-state index is 0.0397. The molecule has 2 rings (SSSR count). The van der Waals surface area contributed by atoms with Crippen LogP contribution < -0.4 is 4.74 Å². The molecule has 1 saturated heterocycles. The maximum Gasteiger partial charge on any atom is 0.261 e. The normalized spacial score (nSPS) is 19.5. The predicted octanol–water partition coefficient (Wildman–Crippen LogP) is 3.17. The number of hydrogen-bond acceptors (Lipinski definition) is 2. The number of alkyl halides is 2. The van der Waals surface area contributed by atoms with Crippen LogP contribution in [0.1, 0.15) is 6.42 Å². The molecule has 0 saturated carbocycles. The zero-order valence-corrected chi connectivity index (χ0v) is 10.9. The molecule has 1 aliphatic rings. The van der Waals surface area contributed by atoms with Gasteiger partial charge in [0.2, 0.25) is 0 Å². The summed E-state index contributed by atoms with van der Waals surface area (Å²) in [4.78, 5) is 1.73. The summed E-state index contributed by atoms with van der Waals surface area (Å²) in [5.74, 6) is -1.77. The number of hydrogen-bond donors (Lipinski definition) is 0. The molecule has 0 atom stereocenters. The Bertz CT molecular complexity index is 387. The van der Waals surface area contributed by atoms with E-state index in [9.17, 15) is 8.78 Å². The van der Waals surface area contributed by atoms with Gasteiger partial charge >= 0.3 is 0 Å². The van der Waals surface area contributed by atoms with Crippen molar-refractivity contribution in [1.29, 1.82) is 0 Å². The molecule has 0 N–H and O–H groups in total. The zero-order valence-electron chi connectivity index (χ0n) is 9.33. The van der Waals surface area contributed by atoms with Crippen LogP contribution in [0.3, 0.4) is 0 Å². The molecule has 1 fully saturated rings. The first-order chi connectivity index (χ1) is 8.07. The van der Waals surface area contributed by atoms with Gasteiger partial charge in [-0.2, -0.15) is 0 Å². The van der Waals surface area contributed by atoms with E-state index in [1.165, 1.54) is 0 Å². The Morgan fingerprint density at radius 2 is 2.12 bits per heavy atom. The van der Waals surface area contributed by atoms with E-state index in [1.807, 2.05) is 24.3 Å². The van der Waals surface area contributed by atoms with Crippen molar-refractivity contribution in [2.75, 3.05) is 26.2 Å². The van der Waals surface area contributed by atoms with Gasteiger partial charge in [-0.05, 0) is 28.1 Å². The number of rotatable bonds is 4. The highest BCUT2D eigenvalue weighted by atomic mass is 79.9. The number of halogens is 3. The van der Waals surface area contributed by atoms with Crippen LogP contribution in [-0.2, 0) is 0 Å². The van der Waals surface area contributed by atoms with Gasteiger partial charge in [0, 0.05) is 19.5 Å². The molecule has 1 aliphatic heterocycles. The first-order valence-corrected chi connectivity index (χ1v) is 6.34. The second kappa shape index (κ2) is 5.31. The lowest BCUT2D eigenvalue weighted by atomic mass is 10.3. The van der Waals surface area contributed by atoms with Crippen LogP contribution in [0.2, 0.25) is 0 Å². The average molecular weight is 306 g/mol. The maximum atomic E-state index is 12.9. The Morgan fingerprint density at radius 3 is 2.76 bits per heavy atom. The Labute approximate surface area is 108 Å². The second-order valence-electron chi connectivity index (χ2n) is 4.16. The zero-order chi connectivity index (χ0) is 12.3. The van der Waals surface area contributed by atoms with Gasteiger partial charge < -0.3 is 4.74 Å². The van der Waals surface area contributed by atoms with E-state index in [-0.39, 0.29) is 13.0 Å². The summed E-state index contributed by atoms with van der Waals surface area (Å²) >= 11 is 3.37. The summed E-state index contributed by atoms with van der Waals surface area (Å²) in [5, 5.41) is 0. The molecule has 0 spiro atoms. The molecule has 1 aromatic carbocycles. The number of likely N-dealkylation sites (tertiary alicyclic amines) is 1. The maximum absolute atomic E-state index is 12.9. The van der Waals surface area contributed by atoms with Crippen molar-refractivity contribution in [3.63, 3.8) is 0 Å². The molecular weight excluding hydrogens is 292 g/mol. The lowest BCUT2D eigenvalue weighted by Gasteiger charge is -2.16. The fraction of sp³-hybridized carbons (Fsp3) is 0.500. The smallest absolute Gasteiger partial charge is 0.261 e. The van der Waals surface area contributed by atoms with Crippen LogP contribution in [0.25, 0.3) is 0 Å². The first-order valence-electron chi connectivity index (χ1n) is 5.54. The molecule has 0 aliphatic carbocycles. The molecular formula is C12H14BrF2NO. The number of benzene rings is 1. The van der Waals surface area contributed by atoms with Gasteiger partial charge in [0.1, 0.15) is 12.4 Å². The lowest BCUT2D eigenvalue weighted by molar-refractivity contribution is 0.0113. The summed E-state index contributed by atoms with van der Waals surface area (Å²) in [7, 11) is 0. The van der Waals surface area contributed by atoms with E-state index in [0.717, 1.165) is 10.2 Å². The Kier molecular flexibility index (Phi) is 3.99. The largest absolute Gasteiger partial charge is 0.491 e. The van der Waals surface area contributed by atoms with E-state index >= 15 is 0 Å². The van der Waals surface area contributed by atoms with Crippen molar-refractivity contribution >= 4 is 15.9 Å². The summed E-state index contributed by atoms with van der Waals surface area (Å²) in [6, 6.07) is 7.52. The van der Waals surface area contributed by atoms with E-state index in [0.29, 0.717) is 19.7 Å². The first kappa shape index (κ1) is 12.8. The van der Waals surface area contributed by atoms with Crippen molar-refractivity contribution in [1.82, 2.24) is 4.90 Å². The van der Waals surface area contributed by atoms with Crippen molar-refractivity contribution in [3.05, 3.63) is 28.7 Å². The van der Waals surface area contributed by atoms with Crippen molar-refractivity contribution < 1.29 is 13.5 Å². The number of para-hydroxylation sites is 1. The van der Waals surface area contributed by atoms with Gasteiger partial charge in [-0.25, -0.2) is 8.78 Å². The number of nitrogens with zero attached hydrogens (tertiary/aromatic N) is 1. The van der Waals surface area contributed by atoms with Crippen LogP contribution in [0.15, 0.2) is 28.7 Å². The van der Waals surface area contributed by atoms with E-state index in [4.69, 9.17) is 4.74 Å². The molecule has 0 aromatic heterocycles. The third-order valence-corrected chi connectivity index (χ3v) is 3.41. The monoisotopic (exact) mass is 305 g/mol. The lowest BCUT2D eigenvalue weighted by Crippen LogP contribution is -2.29. The third-order valence-electron chi connectivity index (χ3n) is 2.75. The topological polar surface area (TPSA) is 12.5 Å². The molecule has 1 heterocycles. The Hall–Kier alpha value is -0.680. The fourth-order valence-electron chi connectivity index (χ4n) is 1.84. The van der Waals surface area contributed by atoms with E-state index in [1.54, 1.807) is 4.90 Å². The summed E-state index contributed by atoms with van der Waals surface area (Å²) in [6.07, 6.45) is -0.0397. The van der Waals surface area contributed by atoms with Gasteiger partial charge in [-0.15, -0.1) is 0 Å². The highest BCUT2D eigenvalue weighted by Gasteiger charge is 2.37.